The summed E-state index contributed by atoms with van der Waals surface area (Å²) in [5, 5.41) is 3.28. The molecule has 0 aromatic carbocycles. The van der Waals surface area contributed by atoms with E-state index in [9.17, 15) is 9.59 Å². The Kier molecular flexibility index (Phi) is 5.51. The van der Waals surface area contributed by atoms with Crippen LogP contribution in [0, 0.1) is 0 Å². The molecule has 2 atom stereocenters. The third-order valence-electron chi connectivity index (χ3n) is 3.76. The van der Waals surface area contributed by atoms with E-state index in [-0.39, 0.29) is 24.0 Å². The van der Waals surface area contributed by atoms with Crippen molar-refractivity contribution in [2.75, 3.05) is 31.7 Å². The van der Waals surface area contributed by atoms with Gasteiger partial charge in [-0.2, -0.15) is 11.8 Å². The van der Waals surface area contributed by atoms with Gasteiger partial charge in [0.05, 0.1) is 19.6 Å². The van der Waals surface area contributed by atoms with Crippen molar-refractivity contribution in [2.24, 2.45) is 0 Å². The summed E-state index contributed by atoms with van der Waals surface area (Å²) < 4.78 is 4.73. The first-order valence-corrected chi connectivity index (χ1v) is 8.06. The first-order chi connectivity index (χ1) is 9.22. The molecule has 0 spiro atoms. The van der Waals surface area contributed by atoms with E-state index in [0.29, 0.717) is 6.42 Å². The lowest BCUT2D eigenvalue weighted by Gasteiger charge is -2.38. The Morgan fingerprint density at radius 1 is 1.42 bits per heavy atom. The molecule has 2 fully saturated rings. The van der Waals surface area contributed by atoms with E-state index >= 15 is 0 Å². The van der Waals surface area contributed by atoms with E-state index in [2.05, 4.69) is 5.32 Å². The summed E-state index contributed by atoms with van der Waals surface area (Å²) in [4.78, 5) is 25.9. The average molecular weight is 286 g/mol. The van der Waals surface area contributed by atoms with Crippen LogP contribution >= 0.6 is 11.8 Å². The number of hydrogen-bond acceptors (Lipinski definition) is 5. The van der Waals surface area contributed by atoms with Crippen LogP contribution in [0.3, 0.4) is 0 Å². The molecule has 6 heteroatoms. The van der Waals surface area contributed by atoms with Gasteiger partial charge < -0.3 is 15.0 Å². The molecule has 1 amide bonds. The van der Waals surface area contributed by atoms with Gasteiger partial charge in [0.25, 0.3) is 0 Å². The number of methoxy groups -OCH3 is 1. The van der Waals surface area contributed by atoms with Crippen molar-refractivity contribution in [3.05, 3.63) is 0 Å². The quantitative estimate of drug-likeness (QED) is 0.771. The van der Waals surface area contributed by atoms with Crippen LogP contribution in [0.2, 0.25) is 0 Å². The summed E-state index contributed by atoms with van der Waals surface area (Å²) in [6, 6.07) is -0.0700. The standard InChI is InChI=1S/C13H22N2O3S/c1-18-12(16)8-10-4-2-3-6-15(10)13(17)11-9-19-7-5-14-11/h10-11,14H,2-9H2,1H3. The van der Waals surface area contributed by atoms with Crippen LogP contribution in [0.4, 0.5) is 0 Å². The fourth-order valence-corrected chi connectivity index (χ4v) is 3.63. The number of carbonyl (C=O) groups excluding carboxylic acids is 2. The van der Waals surface area contributed by atoms with Crippen molar-refractivity contribution in [2.45, 2.75) is 37.8 Å². The summed E-state index contributed by atoms with van der Waals surface area (Å²) in [6.07, 6.45) is 3.34. The Morgan fingerprint density at radius 2 is 2.26 bits per heavy atom. The Morgan fingerprint density at radius 3 is 2.95 bits per heavy atom. The largest absolute Gasteiger partial charge is 0.469 e. The number of piperidine rings is 1. The number of amides is 1. The number of nitrogens with one attached hydrogen (secondary N) is 1. The molecule has 2 aliphatic rings. The van der Waals surface area contributed by atoms with Gasteiger partial charge in [0.15, 0.2) is 0 Å². The normalized spacial score (nSPS) is 27.9. The summed E-state index contributed by atoms with van der Waals surface area (Å²) in [5.41, 5.74) is 0. The van der Waals surface area contributed by atoms with E-state index in [0.717, 1.165) is 43.9 Å². The molecule has 2 aliphatic heterocycles. The fraction of sp³-hybridized carbons (Fsp3) is 0.846. The molecule has 2 unspecified atom stereocenters. The summed E-state index contributed by atoms with van der Waals surface area (Å²) in [7, 11) is 1.40. The van der Waals surface area contributed by atoms with Gasteiger partial charge in [0, 0.05) is 30.6 Å². The molecule has 0 aromatic heterocycles. The van der Waals surface area contributed by atoms with E-state index in [1.165, 1.54) is 7.11 Å². The van der Waals surface area contributed by atoms with Crippen molar-refractivity contribution in [1.29, 1.82) is 0 Å². The summed E-state index contributed by atoms with van der Waals surface area (Å²) in [6.45, 7) is 1.65. The predicted molar refractivity (Wildman–Crippen MR) is 75.1 cm³/mol. The minimum Gasteiger partial charge on any atom is -0.469 e. The van der Waals surface area contributed by atoms with Gasteiger partial charge in [-0.15, -0.1) is 0 Å². The van der Waals surface area contributed by atoms with Crippen LogP contribution in [0.15, 0.2) is 0 Å². The van der Waals surface area contributed by atoms with Crippen LogP contribution in [0.25, 0.3) is 0 Å². The lowest BCUT2D eigenvalue weighted by molar-refractivity contribution is -0.145. The molecule has 1 N–H and O–H groups in total. The fourth-order valence-electron chi connectivity index (χ4n) is 2.70. The molecule has 5 nitrogen and oxygen atoms in total. The zero-order chi connectivity index (χ0) is 13.7. The number of rotatable bonds is 3. The summed E-state index contributed by atoms with van der Waals surface area (Å²) in [5.74, 6) is 1.83. The van der Waals surface area contributed by atoms with E-state index in [1.54, 1.807) is 0 Å². The second kappa shape index (κ2) is 7.14. The highest BCUT2D eigenvalue weighted by atomic mass is 32.2. The van der Waals surface area contributed by atoms with Crippen LogP contribution in [-0.4, -0.2) is 60.6 Å². The third-order valence-corrected chi connectivity index (χ3v) is 4.82. The maximum atomic E-state index is 12.5. The minimum absolute atomic E-state index is 0.0161. The minimum atomic E-state index is -0.226. The Bertz CT molecular complexity index is 332. The maximum absolute atomic E-state index is 12.5. The van der Waals surface area contributed by atoms with Crippen molar-refractivity contribution >= 4 is 23.6 Å². The Hall–Kier alpha value is -0.750. The second-order valence-corrected chi connectivity index (χ2v) is 6.19. The molecule has 0 radical (unpaired) electrons. The van der Waals surface area contributed by atoms with Crippen molar-refractivity contribution < 1.29 is 14.3 Å². The first kappa shape index (κ1) is 14.7. The predicted octanol–water partition coefficient (Wildman–Crippen LogP) is 0.636. The molecular formula is C13H22N2O3S. The number of thioether (sulfide) groups is 1. The number of ether oxygens (including phenoxy) is 1. The molecule has 19 heavy (non-hydrogen) atoms. The molecule has 2 heterocycles. The Labute approximate surface area is 118 Å². The SMILES string of the molecule is COC(=O)CC1CCCCN1C(=O)C1CSCCN1. The van der Waals surface area contributed by atoms with Crippen LogP contribution in [0.1, 0.15) is 25.7 Å². The number of hydrogen-bond donors (Lipinski definition) is 1. The van der Waals surface area contributed by atoms with Gasteiger partial charge in [0.2, 0.25) is 5.91 Å². The highest BCUT2D eigenvalue weighted by Gasteiger charge is 2.33. The molecule has 0 aliphatic carbocycles. The average Bonchev–Trinajstić information content (AvgIpc) is 2.48. The monoisotopic (exact) mass is 286 g/mol. The zero-order valence-corrected chi connectivity index (χ0v) is 12.2. The van der Waals surface area contributed by atoms with E-state index < -0.39 is 0 Å². The Balaban J connectivity index is 1.97. The molecule has 108 valence electrons. The molecule has 2 rings (SSSR count). The van der Waals surface area contributed by atoms with Gasteiger partial charge >= 0.3 is 5.97 Å². The van der Waals surface area contributed by atoms with Crippen molar-refractivity contribution in [3.63, 3.8) is 0 Å². The van der Waals surface area contributed by atoms with Crippen molar-refractivity contribution in [3.8, 4) is 0 Å². The molecule has 0 aromatic rings. The number of esters is 1. The highest BCUT2D eigenvalue weighted by Crippen LogP contribution is 2.22. The molecule has 0 saturated carbocycles. The van der Waals surface area contributed by atoms with Gasteiger partial charge in [-0.05, 0) is 19.3 Å². The van der Waals surface area contributed by atoms with Crippen LogP contribution in [-0.2, 0) is 14.3 Å². The third kappa shape index (κ3) is 3.86. The highest BCUT2D eigenvalue weighted by molar-refractivity contribution is 7.99. The number of nitrogens with zero attached hydrogens (tertiary/aromatic N) is 1. The van der Waals surface area contributed by atoms with Crippen LogP contribution < -0.4 is 5.32 Å². The van der Waals surface area contributed by atoms with Crippen LogP contribution in [0.5, 0.6) is 0 Å². The van der Waals surface area contributed by atoms with E-state index in [4.69, 9.17) is 4.74 Å². The lowest BCUT2D eigenvalue weighted by Crippen LogP contribution is -2.55. The molecule has 0 bridgehead atoms. The smallest absolute Gasteiger partial charge is 0.307 e. The van der Waals surface area contributed by atoms with Gasteiger partial charge in [-0.25, -0.2) is 0 Å². The number of carbonyl (C=O) groups is 2. The molecule has 2 saturated heterocycles. The van der Waals surface area contributed by atoms with Gasteiger partial charge in [-0.3, -0.25) is 9.59 Å². The number of likely N-dealkylation sites (tertiary alicyclic amines) is 1. The maximum Gasteiger partial charge on any atom is 0.307 e. The van der Waals surface area contributed by atoms with Gasteiger partial charge in [-0.1, -0.05) is 0 Å². The molecular weight excluding hydrogens is 264 g/mol. The van der Waals surface area contributed by atoms with E-state index in [1.807, 2.05) is 16.7 Å². The first-order valence-electron chi connectivity index (χ1n) is 6.91. The summed E-state index contributed by atoms with van der Waals surface area (Å²) >= 11 is 1.81. The lowest BCUT2D eigenvalue weighted by atomic mass is 9.98. The van der Waals surface area contributed by atoms with Crippen molar-refractivity contribution in [1.82, 2.24) is 10.2 Å². The zero-order valence-electron chi connectivity index (χ0n) is 11.4. The topological polar surface area (TPSA) is 58.6 Å². The second-order valence-electron chi connectivity index (χ2n) is 5.04. The van der Waals surface area contributed by atoms with Gasteiger partial charge in [0.1, 0.15) is 0 Å².